The van der Waals surface area contributed by atoms with Crippen LogP contribution >= 0.6 is 0 Å². The number of carbonyl (C=O) groups excluding carboxylic acids is 3. The van der Waals surface area contributed by atoms with Gasteiger partial charge in [-0.25, -0.2) is 4.79 Å². The molecule has 1 aliphatic rings. The van der Waals surface area contributed by atoms with E-state index >= 15 is 0 Å². The van der Waals surface area contributed by atoms with E-state index < -0.39 is 11.7 Å². The maximum Gasteiger partial charge on any atom is 0.407 e. The molecule has 1 N–H and O–H groups in total. The molecule has 0 spiro atoms. The third kappa shape index (κ3) is 6.09. The summed E-state index contributed by atoms with van der Waals surface area (Å²) in [5, 5.41) is 2.58. The van der Waals surface area contributed by atoms with Crippen molar-refractivity contribution >= 4 is 17.9 Å². The normalized spacial score (nSPS) is 15.3. The van der Waals surface area contributed by atoms with Crippen LogP contribution in [0, 0.1) is 0 Å². The molecule has 2 rings (SSSR count). The van der Waals surface area contributed by atoms with Gasteiger partial charge in [-0.2, -0.15) is 0 Å². The molecule has 8 nitrogen and oxygen atoms in total. The van der Waals surface area contributed by atoms with Crippen LogP contribution in [0.4, 0.5) is 4.79 Å². The van der Waals surface area contributed by atoms with Crippen molar-refractivity contribution in [3.63, 3.8) is 0 Å². The predicted molar refractivity (Wildman–Crippen MR) is 94.7 cm³/mol. The summed E-state index contributed by atoms with van der Waals surface area (Å²) in [5.41, 5.74) is -0.567. The molecule has 0 bridgehead atoms. The molecule has 0 unspecified atom stereocenters. The Labute approximate surface area is 153 Å². The lowest BCUT2D eigenvalue weighted by molar-refractivity contribution is -0.130. The zero-order chi connectivity index (χ0) is 19.2. The van der Waals surface area contributed by atoms with Gasteiger partial charge in [0, 0.05) is 39.1 Å². The number of rotatable bonds is 4. The van der Waals surface area contributed by atoms with E-state index in [-0.39, 0.29) is 24.8 Å². The molecule has 0 aliphatic carbocycles. The van der Waals surface area contributed by atoms with Crippen LogP contribution in [0.3, 0.4) is 0 Å². The Morgan fingerprint density at radius 2 is 1.85 bits per heavy atom. The largest absolute Gasteiger partial charge is 0.459 e. The number of furan rings is 1. The van der Waals surface area contributed by atoms with Crippen LogP contribution in [0.25, 0.3) is 0 Å². The molecule has 0 saturated carbocycles. The van der Waals surface area contributed by atoms with E-state index in [1.54, 1.807) is 42.7 Å². The highest BCUT2D eigenvalue weighted by molar-refractivity contribution is 5.91. The van der Waals surface area contributed by atoms with Gasteiger partial charge < -0.3 is 24.3 Å². The Kier molecular flexibility index (Phi) is 6.65. The zero-order valence-corrected chi connectivity index (χ0v) is 15.6. The number of nitrogens with zero attached hydrogens (tertiary/aromatic N) is 2. The second-order valence-electron chi connectivity index (χ2n) is 7.18. The van der Waals surface area contributed by atoms with Crippen LogP contribution < -0.4 is 5.32 Å². The van der Waals surface area contributed by atoms with Gasteiger partial charge in [0.2, 0.25) is 5.91 Å². The van der Waals surface area contributed by atoms with Crippen molar-refractivity contribution in [3.8, 4) is 0 Å². The van der Waals surface area contributed by atoms with Gasteiger partial charge in [-0.05, 0) is 39.3 Å². The van der Waals surface area contributed by atoms with Crippen LogP contribution in [-0.4, -0.2) is 66.0 Å². The van der Waals surface area contributed by atoms with Gasteiger partial charge in [0.05, 0.1) is 6.26 Å². The second kappa shape index (κ2) is 8.73. The zero-order valence-electron chi connectivity index (χ0n) is 15.6. The number of carbonyl (C=O) groups is 3. The van der Waals surface area contributed by atoms with Gasteiger partial charge >= 0.3 is 6.09 Å². The summed E-state index contributed by atoms with van der Waals surface area (Å²) in [6, 6.07) is 3.32. The topological polar surface area (TPSA) is 92.1 Å². The monoisotopic (exact) mass is 365 g/mol. The van der Waals surface area contributed by atoms with E-state index in [4.69, 9.17) is 9.15 Å². The molecular formula is C18H27N3O5. The van der Waals surface area contributed by atoms with Crippen LogP contribution in [-0.2, 0) is 9.53 Å². The first-order valence-corrected chi connectivity index (χ1v) is 8.84. The smallest absolute Gasteiger partial charge is 0.407 e. The molecule has 3 amide bonds. The molecule has 1 aromatic heterocycles. The lowest BCUT2D eigenvalue weighted by atomic mass is 10.2. The molecule has 8 heteroatoms. The van der Waals surface area contributed by atoms with Gasteiger partial charge in [0.1, 0.15) is 5.60 Å². The molecule has 0 atom stereocenters. The summed E-state index contributed by atoms with van der Waals surface area (Å²) in [6.07, 6.45) is 1.85. The average Bonchev–Trinajstić information content (AvgIpc) is 2.96. The highest BCUT2D eigenvalue weighted by Gasteiger charge is 2.24. The molecule has 1 saturated heterocycles. The molecular weight excluding hydrogens is 338 g/mol. The molecule has 26 heavy (non-hydrogen) atoms. The van der Waals surface area contributed by atoms with E-state index in [1.807, 2.05) is 0 Å². The number of hydrogen-bond donors (Lipinski definition) is 1. The van der Waals surface area contributed by atoms with E-state index in [2.05, 4.69) is 5.32 Å². The van der Waals surface area contributed by atoms with E-state index in [9.17, 15) is 14.4 Å². The number of hydrogen-bond acceptors (Lipinski definition) is 5. The summed E-state index contributed by atoms with van der Waals surface area (Å²) in [7, 11) is 0. The summed E-state index contributed by atoms with van der Waals surface area (Å²) >= 11 is 0. The lowest BCUT2D eigenvalue weighted by Crippen LogP contribution is -2.39. The quantitative estimate of drug-likeness (QED) is 0.879. The third-order valence-corrected chi connectivity index (χ3v) is 3.87. The minimum absolute atomic E-state index is 0.0478. The first-order valence-electron chi connectivity index (χ1n) is 8.84. The second-order valence-corrected chi connectivity index (χ2v) is 7.18. The van der Waals surface area contributed by atoms with Crippen LogP contribution in [0.1, 0.15) is 44.2 Å². The minimum atomic E-state index is -0.567. The van der Waals surface area contributed by atoms with Crippen LogP contribution in [0.15, 0.2) is 22.8 Å². The van der Waals surface area contributed by atoms with Crippen molar-refractivity contribution < 1.29 is 23.5 Å². The Balaban J connectivity index is 1.75. The van der Waals surface area contributed by atoms with Gasteiger partial charge in [0.15, 0.2) is 5.76 Å². The fraction of sp³-hybridized carbons (Fsp3) is 0.611. The Morgan fingerprint density at radius 1 is 1.15 bits per heavy atom. The molecule has 0 radical (unpaired) electrons. The number of alkyl carbamates (subject to hydrolysis) is 1. The first-order chi connectivity index (χ1) is 12.3. The van der Waals surface area contributed by atoms with Crippen molar-refractivity contribution in [1.82, 2.24) is 15.1 Å². The minimum Gasteiger partial charge on any atom is -0.459 e. The van der Waals surface area contributed by atoms with E-state index in [1.165, 1.54) is 6.26 Å². The Morgan fingerprint density at radius 3 is 2.50 bits per heavy atom. The number of amides is 3. The summed E-state index contributed by atoms with van der Waals surface area (Å²) in [5.74, 6) is 0.107. The fourth-order valence-corrected chi connectivity index (χ4v) is 2.67. The van der Waals surface area contributed by atoms with Crippen molar-refractivity contribution in [1.29, 1.82) is 0 Å². The Bertz CT molecular complexity index is 621. The Hall–Kier alpha value is -2.51. The maximum absolute atomic E-state index is 12.3. The SMILES string of the molecule is CC(C)(C)OC(=O)NCCC(=O)N1CCCN(C(=O)c2ccco2)CC1. The van der Waals surface area contributed by atoms with Crippen molar-refractivity contribution in [2.24, 2.45) is 0 Å². The van der Waals surface area contributed by atoms with Gasteiger partial charge in [-0.3, -0.25) is 9.59 Å². The van der Waals surface area contributed by atoms with Crippen molar-refractivity contribution in [2.45, 2.75) is 39.2 Å². The van der Waals surface area contributed by atoms with Crippen LogP contribution in [0.5, 0.6) is 0 Å². The maximum atomic E-state index is 12.3. The summed E-state index contributed by atoms with van der Waals surface area (Å²) in [6.45, 7) is 7.68. The van der Waals surface area contributed by atoms with Crippen molar-refractivity contribution in [3.05, 3.63) is 24.2 Å². The number of ether oxygens (including phenoxy) is 1. The van der Waals surface area contributed by atoms with Gasteiger partial charge in [-0.15, -0.1) is 0 Å². The number of nitrogens with one attached hydrogen (secondary N) is 1. The van der Waals surface area contributed by atoms with Gasteiger partial charge in [0.25, 0.3) is 5.91 Å². The average molecular weight is 365 g/mol. The molecule has 1 aromatic rings. The highest BCUT2D eigenvalue weighted by atomic mass is 16.6. The van der Waals surface area contributed by atoms with Gasteiger partial charge in [-0.1, -0.05) is 0 Å². The fourth-order valence-electron chi connectivity index (χ4n) is 2.67. The van der Waals surface area contributed by atoms with Crippen LogP contribution in [0.2, 0.25) is 0 Å². The summed E-state index contributed by atoms with van der Waals surface area (Å²) in [4.78, 5) is 39.7. The van der Waals surface area contributed by atoms with E-state index in [0.29, 0.717) is 38.4 Å². The van der Waals surface area contributed by atoms with Crippen molar-refractivity contribution in [2.75, 3.05) is 32.7 Å². The highest BCUT2D eigenvalue weighted by Crippen LogP contribution is 2.11. The molecule has 0 aromatic carbocycles. The first kappa shape index (κ1) is 19.8. The molecule has 144 valence electrons. The molecule has 1 aliphatic heterocycles. The van der Waals surface area contributed by atoms with E-state index in [0.717, 1.165) is 0 Å². The predicted octanol–water partition coefficient (Wildman–Crippen LogP) is 1.87. The molecule has 2 heterocycles. The standard InChI is InChI=1S/C18H27N3O5/c1-18(2,3)26-17(24)19-8-7-15(22)20-9-5-10-21(12-11-20)16(23)14-6-4-13-25-14/h4,6,13H,5,7-12H2,1-3H3,(H,19,24). The lowest BCUT2D eigenvalue weighted by Gasteiger charge is -2.22. The summed E-state index contributed by atoms with van der Waals surface area (Å²) < 4.78 is 10.3. The molecule has 1 fully saturated rings. The third-order valence-electron chi connectivity index (χ3n) is 3.87.